The van der Waals surface area contributed by atoms with Crippen molar-refractivity contribution in [3.8, 4) is 0 Å². The molecule has 0 heterocycles. The summed E-state index contributed by atoms with van der Waals surface area (Å²) in [6.45, 7) is 8.88. The Labute approximate surface area is 168 Å². The Bertz CT molecular complexity index is 823. The molecule has 2 rings (SSSR count). The molecule has 1 aliphatic rings. The fourth-order valence-electron chi connectivity index (χ4n) is 2.98. The van der Waals surface area contributed by atoms with Gasteiger partial charge in [-0.3, -0.25) is 0 Å². The molecule has 0 amide bonds. The summed E-state index contributed by atoms with van der Waals surface area (Å²) in [6.07, 6.45) is 12.4. The van der Waals surface area contributed by atoms with Crippen LogP contribution in [-0.4, -0.2) is 22.8 Å². The number of allylic oxidation sites excluding steroid dienone is 5. The molecule has 1 aromatic rings. The fraction of sp³-hybridized carbons (Fsp3) is 0.348. The van der Waals surface area contributed by atoms with Gasteiger partial charge < -0.3 is 11.5 Å². The van der Waals surface area contributed by atoms with Crippen molar-refractivity contribution in [1.82, 2.24) is 0 Å². The van der Waals surface area contributed by atoms with Crippen molar-refractivity contribution in [3.63, 3.8) is 0 Å². The van der Waals surface area contributed by atoms with Gasteiger partial charge >= 0.3 is 0 Å². The van der Waals surface area contributed by atoms with Gasteiger partial charge in [0, 0.05) is 19.9 Å². The Morgan fingerprint density at radius 1 is 1.18 bits per heavy atom. The standard InChI is InChI=1S/C23H32N5/c1-4-5-11-22(27-18(2)23(25)26-3)28(21-9-7-6-8-10-21)17-20-14-12-19(16-24)13-15-20/h6-9,12-15H,3-5,10-11,16-17,24-25H2,1-2H3/q+1/b23-18+,27-22?,28-21?. The van der Waals surface area contributed by atoms with E-state index in [-0.39, 0.29) is 0 Å². The second-order valence-electron chi connectivity index (χ2n) is 6.85. The van der Waals surface area contributed by atoms with Crippen molar-refractivity contribution in [3.05, 3.63) is 71.2 Å². The largest absolute Gasteiger partial charge is 0.380 e. The lowest BCUT2D eigenvalue weighted by molar-refractivity contribution is -0.429. The quantitative estimate of drug-likeness (QED) is 0.406. The molecule has 5 nitrogen and oxygen atoms in total. The first kappa shape index (κ1) is 21.5. The second-order valence-corrected chi connectivity index (χ2v) is 6.85. The van der Waals surface area contributed by atoms with E-state index in [2.05, 4.69) is 71.8 Å². The minimum absolute atomic E-state index is 0.366. The van der Waals surface area contributed by atoms with Gasteiger partial charge in [-0.05, 0) is 35.3 Å². The number of hydrogen-bond acceptors (Lipinski definition) is 4. The van der Waals surface area contributed by atoms with E-state index in [1.165, 1.54) is 11.3 Å². The number of nitrogens with two attached hydrogens (primary N) is 2. The van der Waals surface area contributed by atoms with Gasteiger partial charge in [0.25, 0.3) is 5.84 Å². The molecular weight excluding hydrogens is 346 g/mol. The molecule has 4 N–H and O–H groups in total. The highest BCUT2D eigenvalue weighted by atomic mass is 15.1. The van der Waals surface area contributed by atoms with Crippen molar-refractivity contribution in [2.75, 3.05) is 0 Å². The van der Waals surface area contributed by atoms with Gasteiger partial charge in [0.1, 0.15) is 12.3 Å². The zero-order chi connectivity index (χ0) is 20.4. The van der Waals surface area contributed by atoms with Crippen molar-refractivity contribution in [2.24, 2.45) is 21.5 Å². The van der Waals surface area contributed by atoms with E-state index in [4.69, 9.17) is 16.5 Å². The van der Waals surface area contributed by atoms with Crippen LogP contribution in [0.3, 0.4) is 0 Å². The minimum Gasteiger partial charge on any atom is -0.380 e. The van der Waals surface area contributed by atoms with Gasteiger partial charge in [0.05, 0.1) is 6.42 Å². The summed E-state index contributed by atoms with van der Waals surface area (Å²) < 4.78 is 2.30. The van der Waals surface area contributed by atoms with Crippen molar-refractivity contribution < 1.29 is 4.58 Å². The van der Waals surface area contributed by atoms with E-state index in [1.54, 1.807) is 0 Å². The molecule has 28 heavy (non-hydrogen) atoms. The molecular formula is C23H32N5+. The molecule has 5 heteroatoms. The van der Waals surface area contributed by atoms with Crippen LogP contribution in [0.2, 0.25) is 0 Å². The molecule has 0 spiro atoms. The van der Waals surface area contributed by atoms with Crippen LogP contribution in [0.1, 0.15) is 50.7 Å². The summed E-state index contributed by atoms with van der Waals surface area (Å²) in [5, 5.41) is 0. The van der Waals surface area contributed by atoms with Crippen LogP contribution in [-0.2, 0) is 13.1 Å². The topological polar surface area (TPSA) is 79.8 Å². The van der Waals surface area contributed by atoms with Crippen LogP contribution in [0.15, 0.2) is 70.1 Å². The van der Waals surface area contributed by atoms with Crippen molar-refractivity contribution in [1.29, 1.82) is 0 Å². The van der Waals surface area contributed by atoms with Crippen LogP contribution in [0.25, 0.3) is 0 Å². The number of aliphatic imine (C=N–C) groups is 2. The number of nitrogens with zero attached hydrogens (tertiary/aromatic N) is 3. The fourth-order valence-corrected chi connectivity index (χ4v) is 2.98. The van der Waals surface area contributed by atoms with E-state index in [0.717, 1.165) is 43.6 Å². The normalized spacial score (nSPS) is 16.8. The lowest BCUT2D eigenvalue weighted by Gasteiger charge is -2.13. The third kappa shape index (κ3) is 6.13. The van der Waals surface area contributed by atoms with Gasteiger partial charge in [0.15, 0.2) is 11.5 Å². The zero-order valence-electron chi connectivity index (χ0n) is 17.1. The molecule has 0 fully saturated rings. The van der Waals surface area contributed by atoms with Crippen LogP contribution in [0, 0.1) is 0 Å². The zero-order valence-corrected chi connectivity index (χ0v) is 17.1. The highest BCUT2D eigenvalue weighted by molar-refractivity contribution is 5.97. The first-order valence-corrected chi connectivity index (χ1v) is 9.84. The highest BCUT2D eigenvalue weighted by Crippen LogP contribution is 2.13. The second kappa shape index (κ2) is 11.1. The van der Waals surface area contributed by atoms with Crippen LogP contribution >= 0.6 is 0 Å². The maximum atomic E-state index is 5.94. The van der Waals surface area contributed by atoms with Crippen molar-refractivity contribution in [2.45, 2.75) is 52.6 Å². The molecule has 0 aromatic heterocycles. The Morgan fingerprint density at radius 2 is 1.89 bits per heavy atom. The number of hydrogen-bond donors (Lipinski definition) is 2. The predicted octanol–water partition coefficient (Wildman–Crippen LogP) is 4.05. The van der Waals surface area contributed by atoms with Gasteiger partial charge in [-0.25, -0.2) is 9.57 Å². The van der Waals surface area contributed by atoms with Gasteiger partial charge in [-0.15, -0.1) is 0 Å². The van der Waals surface area contributed by atoms with Gasteiger partial charge in [0.2, 0.25) is 0 Å². The Balaban J connectivity index is 2.49. The molecule has 0 atom stereocenters. The molecule has 148 valence electrons. The number of amidine groups is 1. The Kier molecular flexibility index (Phi) is 8.56. The van der Waals surface area contributed by atoms with Crippen LogP contribution in [0.5, 0.6) is 0 Å². The maximum absolute atomic E-state index is 5.94. The Hall–Kier alpha value is -2.79. The molecule has 1 aromatic carbocycles. The third-order valence-electron chi connectivity index (χ3n) is 4.71. The minimum atomic E-state index is 0.366. The summed E-state index contributed by atoms with van der Waals surface area (Å²) in [4.78, 5) is 8.69. The first-order chi connectivity index (χ1) is 13.6. The van der Waals surface area contributed by atoms with Crippen molar-refractivity contribution >= 4 is 18.3 Å². The lowest BCUT2D eigenvalue weighted by Crippen LogP contribution is -2.27. The summed E-state index contributed by atoms with van der Waals surface area (Å²) in [5.41, 5.74) is 15.9. The maximum Gasteiger partial charge on any atom is 0.299 e. The van der Waals surface area contributed by atoms with E-state index >= 15 is 0 Å². The van der Waals surface area contributed by atoms with E-state index in [0.29, 0.717) is 18.1 Å². The molecule has 1 aliphatic carbocycles. The van der Waals surface area contributed by atoms with E-state index < -0.39 is 0 Å². The Morgan fingerprint density at radius 3 is 2.46 bits per heavy atom. The first-order valence-electron chi connectivity index (χ1n) is 9.84. The summed E-state index contributed by atoms with van der Waals surface area (Å²) in [6, 6.07) is 8.45. The van der Waals surface area contributed by atoms with Gasteiger partial charge in [-0.1, -0.05) is 55.8 Å². The number of unbranched alkanes of at least 4 members (excludes halogenated alkanes) is 1. The number of rotatable bonds is 8. The number of benzene rings is 1. The average molecular weight is 379 g/mol. The summed E-state index contributed by atoms with van der Waals surface area (Å²) in [5.74, 6) is 1.37. The third-order valence-corrected chi connectivity index (χ3v) is 4.71. The SMILES string of the molecule is C=N/C(N)=C(\C)N=C(CCCC)[N+](Cc1ccc(CN)cc1)=C1C=CC=CC1. The molecule has 0 saturated carbocycles. The predicted molar refractivity (Wildman–Crippen MR) is 120 cm³/mol. The monoisotopic (exact) mass is 378 g/mol. The summed E-state index contributed by atoms with van der Waals surface area (Å²) in [7, 11) is 0. The average Bonchev–Trinajstić information content (AvgIpc) is 2.75. The molecule has 0 radical (unpaired) electrons. The molecule has 0 unspecified atom stereocenters. The summed E-state index contributed by atoms with van der Waals surface area (Å²) >= 11 is 0. The van der Waals surface area contributed by atoms with Gasteiger partial charge in [-0.2, -0.15) is 0 Å². The van der Waals surface area contributed by atoms with Crippen LogP contribution < -0.4 is 11.5 Å². The molecule has 0 aliphatic heterocycles. The smallest absolute Gasteiger partial charge is 0.299 e. The highest BCUT2D eigenvalue weighted by Gasteiger charge is 2.20. The van der Waals surface area contributed by atoms with E-state index in [9.17, 15) is 0 Å². The molecule has 0 bridgehead atoms. The molecule has 0 saturated heterocycles. The van der Waals surface area contributed by atoms with E-state index in [1.807, 2.05) is 6.92 Å². The van der Waals surface area contributed by atoms with Crippen LogP contribution in [0.4, 0.5) is 0 Å². The lowest BCUT2D eigenvalue weighted by atomic mass is 10.1.